The molecule has 1 amide bonds. The maximum Gasteiger partial charge on any atom is 0.270 e. The van der Waals surface area contributed by atoms with Gasteiger partial charge in [-0.2, -0.15) is 0 Å². The molecule has 9 nitrogen and oxygen atoms in total. The lowest BCUT2D eigenvalue weighted by Crippen LogP contribution is -2.13. The number of hydrogen-bond acceptors (Lipinski definition) is 7. The Hall–Kier alpha value is -2.79. The van der Waals surface area contributed by atoms with Crippen molar-refractivity contribution in [3.8, 4) is 0 Å². The summed E-state index contributed by atoms with van der Waals surface area (Å²) in [6, 6.07) is 9.46. The number of anilines is 1. The van der Waals surface area contributed by atoms with Gasteiger partial charge in [-0.3, -0.25) is 14.9 Å². The van der Waals surface area contributed by atoms with E-state index in [4.69, 9.17) is 0 Å². The Balaban J connectivity index is 1.96. The first-order chi connectivity index (χ1) is 12.8. The Morgan fingerprint density at radius 3 is 2.70 bits per heavy atom. The lowest BCUT2D eigenvalue weighted by atomic mass is 10.1. The van der Waals surface area contributed by atoms with Crippen molar-refractivity contribution in [2.75, 3.05) is 5.32 Å². The lowest BCUT2D eigenvalue weighted by Gasteiger charge is -2.10. The van der Waals surface area contributed by atoms with Crippen LogP contribution in [-0.2, 0) is 7.05 Å². The van der Waals surface area contributed by atoms with E-state index in [9.17, 15) is 14.9 Å². The summed E-state index contributed by atoms with van der Waals surface area (Å²) >= 11 is 4.55. The van der Waals surface area contributed by atoms with Gasteiger partial charge in [0, 0.05) is 34.2 Å². The van der Waals surface area contributed by atoms with Crippen LogP contribution in [0.2, 0.25) is 0 Å². The van der Waals surface area contributed by atoms with E-state index in [1.165, 1.54) is 22.9 Å². The van der Waals surface area contributed by atoms with Gasteiger partial charge in [0.1, 0.15) is 0 Å². The molecule has 0 aliphatic heterocycles. The number of carbonyl (C=O) groups is 1. The molecule has 3 aromatic rings. The molecule has 11 heteroatoms. The number of nitrogens with one attached hydrogen (secondary N) is 1. The number of non-ortho nitro benzene ring substituents is 1. The number of nitrogens with zero attached hydrogens (tertiary/aromatic N) is 5. The quantitative estimate of drug-likeness (QED) is 0.468. The Kier molecular flexibility index (Phi) is 5.51. The fourth-order valence-electron chi connectivity index (χ4n) is 2.22. The number of tetrazole rings is 1. The normalized spacial score (nSPS) is 10.6. The molecule has 1 heterocycles. The van der Waals surface area contributed by atoms with Crippen LogP contribution in [0, 0.1) is 17.0 Å². The highest BCUT2D eigenvalue weighted by molar-refractivity contribution is 9.10. The number of benzene rings is 2. The second kappa shape index (κ2) is 7.84. The number of rotatable bonds is 5. The van der Waals surface area contributed by atoms with Crippen LogP contribution in [0.4, 0.5) is 11.4 Å². The average Bonchev–Trinajstić information content (AvgIpc) is 3.03. The van der Waals surface area contributed by atoms with Gasteiger partial charge >= 0.3 is 0 Å². The highest BCUT2D eigenvalue weighted by Crippen LogP contribution is 2.31. The molecule has 3 rings (SSSR count). The molecule has 0 aliphatic carbocycles. The van der Waals surface area contributed by atoms with Crippen LogP contribution in [0.3, 0.4) is 0 Å². The summed E-state index contributed by atoms with van der Waals surface area (Å²) < 4.78 is 2.37. The maximum atomic E-state index is 12.8. The monoisotopic (exact) mass is 448 g/mol. The summed E-state index contributed by atoms with van der Waals surface area (Å²) in [7, 11) is 1.66. The second-order valence-electron chi connectivity index (χ2n) is 5.54. The van der Waals surface area contributed by atoms with Crippen molar-refractivity contribution in [1.82, 2.24) is 20.2 Å². The highest BCUT2D eigenvalue weighted by atomic mass is 79.9. The molecule has 0 atom stereocenters. The predicted octanol–water partition coefficient (Wildman–Crippen LogP) is 3.59. The molecule has 1 N–H and O–H groups in total. The minimum absolute atomic E-state index is 0.165. The van der Waals surface area contributed by atoms with Crippen LogP contribution in [-0.4, -0.2) is 31.0 Å². The molecule has 0 fully saturated rings. The number of carbonyl (C=O) groups excluding carboxylic acids is 1. The van der Waals surface area contributed by atoms with Crippen LogP contribution < -0.4 is 5.32 Å². The summed E-state index contributed by atoms with van der Waals surface area (Å²) in [6.45, 7) is 1.90. The largest absolute Gasteiger partial charge is 0.322 e. The fourth-order valence-corrected chi connectivity index (χ4v) is 3.31. The standard InChI is InChI=1S/C16H13BrN6O3S/c1-9-7-10(3-5-13(9)17)18-15(24)12-8-11(23(25)26)4-6-14(12)27-16-19-20-21-22(16)2/h3-8H,1-2H3,(H,18,24). The van der Waals surface area contributed by atoms with Gasteiger partial charge < -0.3 is 5.32 Å². The van der Waals surface area contributed by atoms with Gasteiger partial charge in [-0.05, 0) is 58.9 Å². The molecule has 0 bridgehead atoms. The number of hydrogen-bond donors (Lipinski definition) is 1. The number of nitro groups is 1. The van der Waals surface area contributed by atoms with Gasteiger partial charge in [0.25, 0.3) is 11.6 Å². The van der Waals surface area contributed by atoms with Crippen molar-refractivity contribution in [2.45, 2.75) is 17.0 Å². The van der Waals surface area contributed by atoms with Gasteiger partial charge in [0.05, 0.1) is 10.5 Å². The van der Waals surface area contributed by atoms with Crippen LogP contribution >= 0.6 is 27.7 Å². The van der Waals surface area contributed by atoms with Crippen molar-refractivity contribution >= 4 is 45.0 Å². The van der Waals surface area contributed by atoms with E-state index < -0.39 is 10.8 Å². The van der Waals surface area contributed by atoms with Crippen LogP contribution in [0.1, 0.15) is 15.9 Å². The first-order valence-electron chi connectivity index (χ1n) is 7.61. The molecule has 0 radical (unpaired) electrons. The summed E-state index contributed by atoms with van der Waals surface area (Å²) in [5.74, 6) is -0.460. The molecule has 0 saturated carbocycles. The molecule has 0 spiro atoms. The molecule has 138 valence electrons. The lowest BCUT2D eigenvalue weighted by molar-refractivity contribution is -0.384. The third-order valence-corrected chi connectivity index (χ3v) is 5.61. The molecule has 27 heavy (non-hydrogen) atoms. The number of nitro benzene ring substituents is 1. The van der Waals surface area contributed by atoms with E-state index in [-0.39, 0.29) is 11.3 Å². The topological polar surface area (TPSA) is 116 Å². The van der Waals surface area contributed by atoms with E-state index in [1.807, 2.05) is 13.0 Å². The molecule has 0 unspecified atom stereocenters. The third-order valence-electron chi connectivity index (χ3n) is 3.62. The van der Waals surface area contributed by atoms with Crippen molar-refractivity contribution in [1.29, 1.82) is 0 Å². The molecule has 0 aliphatic rings. The van der Waals surface area contributed by atoms with E-state index in [2.05, 4.69) is 36.8 Å². The Morgan fingerprint density at radius 2 is 2.07 bits per heavy atom. The molecule has 2 aromatic carbocycles. The van der Waals surface area contributed by atoms with Crippen molar-refractivity contribution in [3.05, 3.63) is 62.1 Å². The molecule has 1 aromatic heterocycles. The van der Waals surface area contributed by atoms with E-state index in [1.54, 1.807) is 19.2 Å². The summed E-state index contributed by atoms with van der Waals surface area (Å²) in [6.07, 6.45) is 0. The minimum Gasteiger partial charge on any atom is -0.322 e. The van der Waals surface area contributed by atoms with Gasteiger partial charge in [-0.1, -0.05) is 15.9 Å². The van der Waals surface area contributed by atoms with Gasteiger partial charge in [0.2, 0.25) is 5.16 Å². The second-order valence-corrected chi connectivity index (χ2v) is 7.41. The fraction of sp³-hybridized carbons (Fsp3) is 0.125. The first-order valence-corrected chi connectivity index (χ1v) is 9.22. The predicted molar refractivity (Wildman–Crippen MR) is 103 cm³/mol. The highest BCUT2D eigenvalue weighted by Gasteiger charge is 2.19. The smallest absolute Gasteiger partial charge is 0.270 e. The van der Waals surface area contributed by atoms with Gasteiger partial charge in [0.15, 0.2) is 0 Å². The van der Waals surface area contributed by atoms with Gasteiger partial charge in [-0.15, -0.1) is 5.10 Å². The summed E-state index contributed by atoms with van der Waals surface area (Å²) in [4.78, 5) is 23.9. The Labute approximate surface area is 166 Å². The number of aromatic nitrogens is 4. The first kappa shape index (κ1) is 19.0. The van der Waals surface area contributed by atoms with E-state index in [0.717, 1.165) is 21.8 Å². The van der Waals surface area contributed by atoms with Crippen LogP contribution in [0.15, 0.2) is 50.9 Å². The Morgan fingerprint density at radius 1 is 1.30 bits per heavy atom. The zero-order chi connectivity index (χ0) is 19.6. The van der Waals surface area contributed by atoms with Gasteiger partial charge in [-0.25, -0.2) is 4.68 Å². The van der Waals surface area contributed by atoms with E-state index in [0.29, 0.717) is 15.7 Å². The average molecular weight is 449 g/mol. The third kappa shape index (κ3) is 4.31. The number of amides is 1. The zero-order valence-corrected chi connectivity index (χ0v) is 16.6. The number of aryl methyl sites for hydroxylation is 2. The molecule has 0 saturated heterocycles. The summed E-state index contributed by atoms with van der Waals surface area (Å²) in [5.41, 5.74) is 1.53. The SMILES string of the molecule is Cc1cc(NC(=O)c2cc([N+](=O)[O-])ccc2Sc2nnnn2C)ccc1Br. The molecular weight excluding hydrogens is 436 g/mol. The van der Waals surface area contributed by atoms with E-state index >= 15 is 0 Å². The minimum atomic E-state index is -0.543. The molecular formula is C16H13BrN6O3S. The number of halogens is 1. The Bertz CT molecular complexity index is 1040. The summed E-state index contributed by atoms with van der Waals surface area (Å²) in [5, 5.41) is 25.5. The van der Waals surface area contributed by atoms with Crippen molar-refractivity contribution in [2.24, 2.45) is 7.05 Å². The van der Waals surface area contributed by atoms with Crippen molar-refractivity contribution < 1.29 is 9.72 Å². The van der Waals surface area contributed by atoms with Crippen molar-refractivity contribution in [3.63, 3.8) is 0 Å². The van der Waals surface area contributed by atoms with Crippen LogP contribution in [0.5, 0.6) is 0 Å². The van der Waals surface area contributed by atoms with Crippen LogP contribution in [0.25, 0.3) is 0 Å². The maximum absolute atomic E-state index is 12.8. The zero-order valence-electron chi connectivity index (χ0n) is 14.2.